The molecule has 1 amide bonds. The number of amides is 1. The Labute approximate surface area is 151 Å². The smallest absolute Gasteiger partial charge is 0.251 e. The summed E-state index contributed by atoms with van der Waals surface area (Å²) in [5, 5.41) is 11.9. The van der Waals surface area contributed by atoms with E-state index in [1.165, 1.54) is 0 Å². The number of hydrogen-bond donors (Lipinski definition) is 1. The lowest BCUT2D eigenvalue weighted by atomic mass is 10.1. The summed E-state index contributed by atoms with van der Waals surface area (Å²) in [6.45, 7) is 0.649. The van der Waals surface area contributed by atoms with E-state index in [4.69, 9.17) is 10.00 Å². The summed E-state index contributed by atoms with van der Waals surface area (Å²) in [6, 6.07) is 22.0. The van der Waals surface area contributed by atoms with Crippen molar-refractivity contribution >= 4 is 5.91 Å². The SMILES string of the molecule is N#Cc1ccccc1OCc1cccc(C(=O)NCc2ccccn2)c1. The van der Waals surface area contributed by atoms with E-state index in [2.05, 4.69) is 16.4 Å². The first-order chi connectivity index (χ1) is 12.8. The zero-order valence-electron chi connectivity index (χ0n) is 14.1. The number of nitrogens with zero attached hydrogens (tertiary/aromatic N) is 2. The van der Waals surface area contributed by atoms with Gasteiger partial charge in [0, 0.05) is 11.8 Å². The molecule has 0 spiro atoms. The average Bonchev–Trinajstić information content (AvgIpc) is 2.71. The van der Waals surface area contributed by atoms with Gasteiger partial charge >= 0.3 is 0 Å². The van der Waals surface area contributed by atoms with Gasteiger partial charge in [-0.15, -0.1) is 0 Å². The molecule has 1 N–H and O–H groups in total. The van der Waals surface area contributed by atoms with Crippen molar-refractivity contribution in [3.63, 3.8) is 0 Å². The summed E-state index contributed by atoms with van der Waals surface area (Å²) in [7, 11) is 0. The topological polar surface area (TPSA) is 75.0 Å². The summed E-state index contributed by atoms with van der Waals surface area (Å²) in [5.74, 6) is 0.356. The monoisotopic (exact) mass is 343 g/mol. The molecule has 26 heavy (non-hydrogen) atoms. The van der Waals surface area contributed by atoms with Gasteiger partial charge in [-0.1, -0.05) is 30.3 Å². The largest absolute Gasteiger partial charge is 0.488 e. The number of aromatic nitrogens is 1. The normalized spacial score (nSPS) is 9.96. The molecule has 1 aromatic heterocycles. The molecule has 0 aliphatic rings. The van der Waals surface area contributed by atoms with Gasteiger partial charge in [-0.25, -0.2) is 0 Å². The maximum absolute atomic E-state index is 12.3. The van der Waals surface area contributed by atoms with Gasteiger partial charge in [0.15, 0.2) is 0 Å². The lowest BCUT2D eigenvalue weighted by Crippen LogP contribution is -2.23. The Morgan fingerprint density at radius 3 is 2.73 bits per heavy atom. The quantitative estimate of drug-likeness (QED) is 0.744. The molecular weight excluding hydrogens is 326 g/mol. The first-order valence-corrected chi connectivity index (χ1v) is 8.15. The molecule has 5 heteroatoms. The standard InChI is InChI=1S/C21H17N3O2/c22-13-18-7-1-2-10-20(18)26-15-16-6-5-8-17(12-16)21(25)24-14-19-9-3-4-11-23-19/h1-12H,14-15H2,(H,24,25). The van der Waals surface area contributed by atoms with Gasteiger partial charge in [0.2, 0.25) is 0 Å². The molecule has 2 aromatic carbocycles. The zero-order chi connectivity index (χ0) is 18.2. The molecule has 0 bridgehead atoms. The molecule has 0 aliphatic heterocycles. The number of carbonyl (C=O) groups excluding carboxylic acids is 1. The molecule has 0 saturated heterocycles. The minimum absolute atomic E-state index is 0.171. The first kappa shape index (κ1) is 17.2. The van der Waals surface area contributed by atoms with Crippen molar-refractivity contribution < 1.29 is 9.53 Å². The van der Waals surface area contributed by atoms with Crippen LogP contribution in [0.25, 0.3) is 0 Å². The summed E-state index contributed by atoms with van der Waals surface area (Å²) in [4.78, 5) is 16.5. The van der Waals surface area contributed by atoms with E-state index in [0.717, 1.165) is 11.3 Å². The van der Waals surface area contributed by atoms with E-state index >= 15 is 0 Å². The molecule has 0 unspecified atom stereocenters. The molecule has 0 saturated carbocycles. The lowest BCUT2D eigenvalue weighted by molar-refractivity contribution is 0.0950. The van der Waals surface area contributed by atoms with Crippen LogP contribution in [0.2, 0.25) is 0 Å². The fourth-order valence-electron chi connectivity index (χ4n) is 2.42. The van der Waals surface area contributed by atoms with Crippen LogP contribution in [0.4, 0.5) is 0 Å². The predicted octanol–water partition coefficient (Wildman–Crippen LogP) is 3.46. The lowest BCUT2D eigenvalue weighted by Gasteiger charge is -2.09. The Morgan fingerprint density at radius 1 is 1.08 bits per heavy atom. The van der Waals surface area contributed by atoms with Crippen molar-refractivity contribution in [2.45, 2.75) is 13.2 Å². The molecule has 0 radical (unpaired) electrons. The maximum Gasteiger partial charge on any atom is 0.251 e. The summed E-state index contributed by atoms with van der Waals surface area (Å²) in [6.07, 6.45) is 1.69. The highest BCUT2D eigenvalue weighted by molar-refractivity contribution is 5.94. The molecule has 128 valence electrons. The Balaban J connectivity index is 1.62. The number of pyridine rings is 1. The van der Waals surface area contributed by atoms with Crippen LogP contribution in [0.5, 0.6) is 5.75 Å². The third-order valence-corrected chi connectivity index (χ3v) is 3.75. The average molecular weight is 343 g/mol. The number of nitriles is 1. The molecule has 0 fully saturated rings. The highest BCUT2D eigenvalue weighted by Gasteiger charge is 2.08. The minimum atomic E-state index is -0.171. The fourth-order valence-corrected chi connectivity index (χ4v) is 2.42. The second-order valence-corrected chi connectivity index (χ2v) is 5.60. The number of hydrogen-bond acceptors (Lipinski definition) is 4. The van der Waals surface area contributed by atoms with Crippen LogP contribution in [0.1, 0.15) is 27.2 Å². The van der Waals surface area contributed by atoms with Gasteiger partial charge in [-0.2, -0.15) is 5.26 Å². The van der Waals surface area contributed by atoms with Crippen LogP contribution in [0.15, 0.2) is 72.9 Å². The van der Waals surface area contributed by atoms with Gasteiger partial charge in [-0.3, -0.25) is 9.78 Å². The maximum atomic E-state index is 12.3. The number of nitrogens with one attached hydrogen (secondary N) is 1. The van der Waals surface area contributed by atoms with Crippen molar-refractivity contribution in [1.29, 1.82) is 5.26 Å². The van der Waals surface area contributed by atoms with E-state index in [0.29, 0.717) is 23.4 Å². The Kier molecular flexibility index (Phi) is 5.58. The van der Waals surface area contributed by atoms with E-state index < -0.39 is 0 Å². The molecule has 0 atom stereocenters. The molecule has 3 aromatic rings. The molecule has 3 rings (SSSR count). The van der Waals surface area contributed by atoms with Crippen LogP contribution >= 0.6 is 0 Å². The third-order valence-electron chi connectivity index (χ3n) is 3.75. The summed E-state index contributed by atoms with van der Waals surface area (Å²) < 4.78 is 5.71. The molecule has 5 nitrogen and oxygen atoms in total. The number of rotatable bonds is 6. The minimum Gasteiger partial charge on any atom is -0.488 e. The number of carbonyl (C=O) groups is 1. The van der Waals surface area contributed by atoms with Gasteiger partial charge < -0.3 is 10.1 Å². The van der Waals surface area contributed by atoms with E-state index in [1.54, 1.807) is 36.5 Å². The Bertz CT molecular complexity index is 933. The van der Waals surface area contributed by atoms with Crippen molar-refractivity contribution in [3.05, 3.63) is 95.3 Å². The van der Waals surface area contributed by atoms with Crippen LogP contribution in [0, 0.1) is 11.3 Å². The van der Waals surface area contributed by atoms with Crippen LogP contribution < -0.4 is 10.1 Å². The number of para-hydroxylation sites is 1. The fraction of sp³-hybridized carbons (Fsp3) is 0.0952. The zero-order valence-corrected chi connectivity index (χ0v) is 14.1. The highest BCUT2D eigenvalue weighted by atomic mass is 16.5. The Hall–Kier alpha value is -3.65. The first-order valence-electron chi connectivity index (χ1n) is 8.15. The summed E-state index contributed by atoms with van der Waals surface area (Å²) in [5.41, 5.74) is 2.68. The van der Waals surface area contributed by atoms with Gasteiger partial charge in [0.05, 0.1) is 17.8 Å². The molecular formula is C21H17N3O2. The second kappa shape index (κ2) is 8.45. The highest BCUT2D eigenvalue weighted by Crippen LogP contribution is 2.18. The van der Waals surface area contributed by atoms with Crippen molar-refractivity contribution in [2.24, 2.45) is 0 Å². The molecule has 1 heterocycles. The van der Waals surface area contributed by atoms with Crippen molar-refractivity contribution in [2.75, 3.05) is 0 Å². The van der Waals surface area contributed by atoms with E-state index in [9.17, 15) is 4.79 Å². The van der Waals surface area contributed by atoms with Crippen molar-refractivity contribution in [3.8, 4) is 11.8 Å². The van der Waals surface area contributed by atoms with Gasteiger partial charge in [-0.05, 0) is 42.0 Å². The van der Waals surface area contributed by atoms with E-state index in [-0.39, 0.29) is 12.5 Å². The van der Waals surface area contributed by atoms with Crippen LogP contribution in [-0.2, 0) is 13.2 Å². The van der Waals surface area contributed by atoms with Crippen LogP contribution in [-0.4, -0.2) is 10.9 Å². The van der Waals surface area contributed by atoms with Crippen molar-refractivity contribution in [1.82, 2.24) is 10.3 Å². The van der Waals surface area contributed by atoms with Gasteiger partial charge in [0.25, 0.3) is 5.91 Å². The van der Waals surface area contributed by atoms with Gasteiger partial charge in [0.1, 0.15) is 18.4 Å². The molecule has 0 aliphatic carbocycles. The predicted molar refractivity (Wildman–Crippen MR) is 97.3 cm³/mol. The number of ether oxygens (including phenoxy) is 1. The Morgan fingerprint density at radius 2 is 1.92 bits per heavy atom. The third kappa shape index (κ3) is 4.46. The van der Waals surface area contributed by atoms with E-state index in [1.807, 2.05) is 36.4 Å². The summed E-state index contributed by atoms with van der Waals surface area (Å²) >= 11 is 0. The van der Waals surface area contributed by atoms with Crippen LogP contribution in [0.3, 0.4) is 0 Å². The second-order valence-electron chi connectivity index (χ2n) is 5.60. The number of benzene rings is 2.